The van der Waals surface area contributed by atoms with E-state index in [1.165, 1.54) is 0 Å². The van der Waals surface area contributed by atoms with Gasteiger partial charge in [-0.15, -0.1) is 0 Å². The predicted octanol–water partition coefficient (Wildman–Crippen LogP) is 4.52. The number of hydrogen-bond acceptors (Lipinski definition) is 5. The van der Waals surface area contributed by atoms with E-state index in [4.69, 9.17) is 4.74 Å². The summed E-state index contributed by atoms with van der Waals surface area (Å²) in [5.74, 6) is -0.304. The zero-order chi connectivity index (χ0) is 21.7. The number of para-hydroxylation sites is 1. The molecule has 5 heteroatoms. The van der Waals surface area contributed by atoms with E-state index in [1.54, 1.807) is 12.1 Å². The number of benzene rings is 2. The largest absolute Gasteiger partial charge is 0.508 e. The van der Waals surface area contributed by atoms with Crippen LogP contribution in [0.4, 0.5) is 5.69 Å². The summed E-state index contributed by atoms with van der Waals surface area (Å²) >= 11 is 0. The van der Waals surface area contributed by atoms with Crippen LogP contribution in [0.1, 0.15) is 45.6 Å². The Morgan fingerprint density at radius 2 is 1.77 bits per heavy atom. The molecule has 2 atom stereocenters. The topological polar surface area (TPSA) is 66.8 Å². The average Bonchev–Trinajstić information content (AvgIpc) is 2.73. The lowest BCUT2D eigenvalue weighted by Gasteiger charge is -2.44. The lowest BCUT2D eigenvalue weighted by molar-refractivity contribution is -0.179. The van der Waals surface area contributed by atoms with Crippen molar-refractivity contribution in [3.05, 3.63) is 60.2 Å². The Morgan fingerprint density at radius 1 is 1.10 bits per heavy atom. The van der Waals surface area contributed by atoms with Crippen molar-refractivity contribution in [1.29, 1.82) is 0 Å². The van der Waals surface area contributed by atoms with E-state index < -0.39 is 17.6 Å². The number of aryl methyl sites for hydroxylation is 1. The number of anilines is 1. The van der Waals surface area contributed by atoms with Crippen LogP contribution in [0.3, 0.4) is 0 Å². The molecule has 0 saturated carbocycles. The molecular formula is C25H31NO4. The van der Waals surface area contributed by atoms with Crippen molar-refractivity contribution in [2.75, 3.05) is 11.4 Å². The molecule has 2 aromatic carbocycles. The van der Waals surface area contributed by atoms with Gasteiger partial charge >= 0.3 is 5.97 Å². The zero-order valence-corrected chi connectivity index (χ0v) is 18.0. The number of Topliss-reactive ketones (excluding diaryl/α,β-unsaturated/α-hetero) is 1. The van der Waals surface area contributed by atoms with Crippen LogP contribution in [0.2, 0.25) is 0 Å². The van der Waals surface area contributed by atoms with Gasteiger partial charge in [0.15, 0.2) is 11.8 Å². The van der Waals surface area contributed by atoms with Crippen molar-refractivity contribution in [1.82, 2.24) is 0 Å². The molecule has 1 aliphatic rings. The van der Waals surface area contributed by atoms with E-state index in [2.05, 4.69) is 0 Å². The van der Waals surface area contributed by atoms with Gasteiger partial charge in [0.2, 0.25) is 0 Å². The van der Waals surface area contributed by atoms with Crippen LogP contribution in [-0.4, -0.2) is 35.0 Å². The van der Waals surface area contributed by atoms with Gasteiger partial charge in [-0.25, -0.2) is 4.79 Å². The Morgan fingerprint density at radius 3 is 2.33 bits per heavy atom. The number of aromatic hydroxyl groups is 1. The highest BCUT2D eigenvalue weighted by molar-refractivity contribution is 6.08. The van der Waals surface area contributed by atoms with Crippen molar-refractivity contribution in [2.45, 2.75) is 58.1 Å². The molecule has 0 bridgehead atoms. The van der Waals surface area contributed by atoms with E-state index in [-0.39, 0.29) is 23.9 Å². The summed E-state index contributed by atoms with van der Waals surface area (Å²) in [6.45, 7) is 6.64. The minimum Gasteiger partial charge on any atom is -0.508 e. The van der Waals surface area contributed by atoms with Crippen molar-refractivity contribution in [3.8, 4) is 5.75 Å². The first-order chi connectivity index (χ1) is 14.4. The molecule has 1 N–H and O–H groups in total. The SMILES string of the molecule is CCCN(c1ccccc1)C1C(=O)CC(CCc2ccc(O)cc2)(C(C)C)OC1=O. The Kier molecular flexibility index (Phi) is 6.80. The van der Waals surface area contributed by atoms with Gasteiger partial charge in [-0.1, -0.05) is 51.1 Å². The fraction of sp³-hybridized carbons (Fsp3) is 0.440. The zero-order valence-electron chi connectivity index (χ0n) is 18.0. The quantitative estimate of drug-likeness (QED) is 0.513. The summed E-state index contributed by atoms with van der Waals surface area (Å²) < 4.78 is 6.06. The van der Waals surface area contributed by atoms with Crippen molar-refractivity contribution in [3.63, 3.8) is 0 Å². The molecule has 1 saturated heterocycles. The van der Waals surface area contributed by atoms with Crippen LogP contribution in [-0.2, 0) is 20.7 Å². The molecule has 1 aliphatic heterocycles. The van der Waals surface area contributed by atoms with Crippen LogP contribution < -0.4 is 4.90 Å². The van der Waals surface area contributed by atoms with Gasteiger partial charge in [0, 0.05) is 18.7 Å². The van der Waals surface area contributed by atoms with E-state index in [1.807, 2.05) is 68.1 Å². The number of ether oxygens (including phenoxy) is 1. The third-order valence-corrected chi connectivity index (χ3v) is 5.99. The Hall–Kier alpha value is -2.82. The fourth-order valence-electron chi connectivity index (χ4n) is 4.15. The van der Waals surface area contributed by atoms with Crippen LogP contribution in [0, 0.1) is 5.92 Å². The average molecular weight is 410 g/mol. The Labute approximate surface area is 178 Å². The lowest BCUT2D eigenvalue weighted by atomic mass is 9.77. The lowest BCUT2D eigenvalue weighted by Crippen LogP contribution is -2.59. The molecule has 0 aliphatic carbocycles. The number of rotatable bonds is 8. The maximum atomic E-state index is 13.3. The molecule has 5 nitrogen and oxygen atoms in total. The van der Waals surface area contributed by atoms with Gasteiger partial charge in [-0.2, -0.15) is 0 Å². The molecule has 1 fully saturated rings. The number of nitrogens with zero attached hydrogens (tertiary/aromatic N) is 1. The maximum Gasteiger partial charge on any atom is 0.337 e. The smallest absolute Gasteiger partial charge is 0.337 e. The van der Waals surface area contributed by atoms with Crippen molar-refractivity contribution < 1.29 is 19.4 Å². The molecular weight excluding hydrogens is 378 g/mol. The highest BCUT2D eigenvalue weighted by atomic mass is 16.6. The minimum atomic E-state index is -0.895. The third-order valence-electron chi connectivity index (χ3n) is 5.99. The normalized spacial score (nSPS) is 21.5. The maximum absolute atomic E-state index is 13.3. The number of phenols is 1. The summed E-state index contributed by atoms with van der Waals surface area (Å²) in [7, 11) is 0. The molecule has 0 aromatic heterocycles. The first-order valence-electron chi connectivity index (χ1n) is 10.7. The number of hydrogen-bond donors (Lipinski definition) is 1. The summed E-state index contributed by atoms with van der Waals surface area (Å²) in [4.78, 5) is 28.3. The fourth-order valence-corrected chi connectivity index (χ4v) is 4.15. The molecule has 3 rings (SSSR count). The van der Waals surface area contributed by atoms with Crippen LogP contribution >= 0.6 is 0 Å². The van der Waals surface area contributed by atoms with Gasteiger partial charge in [-0.05, 0) is 55.0 Å². The number of cyclic esters (lactones) is 1. The van der Waals surface area contributed by atoms with Gasteiger partial charge < -0.3 is 14.7 Å². The van der Waals surface area contributed by atoms with Gasteiger partial charge in [-0.3, -0.25) is 4.79 Å². The molecule has 0 radical (unpaired) electrons. The summed E-state index contributed by atoms with van der Waals surface area (Å²) in [5.41, 5.74) is 1.09. The molecule has 2 aromatic rings. The van der Waals surface area contributed by atoms with E-state index >= 15 is 0 Å². The van der Waals surface area contributed by atoms with Crippen molar-refractivity contribution >= 4 is 17.4 Å². The Bertz CT molecular complexity index is 842. The third kappa shape index (κ3) is 4.66. The first kappa shape index (κ1) is 21.9. The van der Waals surface area contributed by atoms with Crippen LogP contribution in [0.15, 0.2) is 54.6 Å². The minimum absolute atomic E-state index is 0.0137. The van der Waals surface area contributed by atoms with Crippen LogP contribution in [0.25, 0.3) is 0 Å². The molecule has 30 heavy (non-hydrogen) atoms. The van der Waals surface area contributed by atoms with Crippen molar-refractivity contribution in [2.24, 2.45) is 5.92 Å². The highest BCUT2D eigenvalue weighted by Gasteiger charge is 2.50. The summed E-state index contributed by atoms with van der Waals surface area (Å²) in [6.07, 6.45) is 2.27. The second kappa shape index (κ2) is 9.33. The molecule has 1 heterocycles. The van der Waals surface area contributed by atoms with E-state index in [0.29, 0.717) is 19.4 Å². The van der Waals surface area contributed by atoms with Gasteiger partial charge in [0.1, 0.15) is 11.4 Å². The number of ketones is 1. The molecule has 0 spiro atoms. The van der Waals surface area contributed by atoms with E-state index in [9.17, 15) is 14.7 Å². The molecule has 2 unspecified atom stereocenters. The Balaban J connectivity index is 1.81. The second-order valence-corrected chi connectivity index (χ2v) is 8.38. The van der Waals surface area contributed by atoms with E-state index in [0.717, 1.165) is 17.7 Å². The first-order valence-corrected chi connectivity index (χ1v) is 10.7. The number of carbonyl (C=O) groups is 2. The monoisotopic (exact) mass is 409 g/mol. The molecule has 0 amide bonds. The van der Waals surface area contributed by atoms with Gasteiger partial charge in [0.25, 0.3) is 0 Å². The standard InChI is InChI=1S/C25H31NO4/c1-4-16-26(20-8-6-5-7-9-20)23-22(28)17-25(18(2)3,30-24(23)29)15-14-19-10-12-21(27)13-11-19/h5-13,18,23,27H,4,14-17H2,1-3H3. The molecule has 160 valence electrons. The summed E-state index contributed by atoms with van der Waals surface area (Å²) in [5, 5.41) is 9.48. The van der Waals surface area contributed by atoms with Crippen LogP contribution in [0.5, 0.6) is 5.75 Å². The highest BCUT2D eigenvalue weighted by Crippen LogP contribution is 2.37. The summed E-state index contributed by atoms with van der Waals surface area (Å²) in [6, 6.07) is 15.7. The second-order valence-electron chi connectivity index (χ2n) is 8.38. The predicted molar refractivity (Wildman–Crippen MR) is 118 cm³/mol. The number of phenolic OH excluding ortho intramolecular Hbond substituents is 1. The van der Waals surface area contributed by atoms with Gasteiger partial charge in [0.05, 0.1) is 0 Å². The number of carbonyl (C=O) groups excluding carboxylic acids is 2. The number of esters is 1.